The minimum absolute atomic E-state index is 0.0320. The van der Waals surface area contributed by atoms with Crippen molar-refractivity contribution in [1.29, 1.82) is 0 Å². The lowest BCUT2D eigenvalue weighted by Gasteiger charge is -2.17. The third-order valence-electron chi connectivity index (χ3n) is 3.92. The van der Waals surface area contributed by atoms with Gasteiger partial charge in [-0.05, 0) is 12.1 Å². The average Bonchev–Trinajstić information content (AvgIpc) is 2.49. The fourth-order valence-corrected chi connectivity index (χ4v) is 3.16. The molecule has 0 N–H and O–H groups in total. The number of nitrogens with zero attached hydrogens (tertiary/aromatic N) is 4. The highest BCUT2D eigenvalue weighted by atomic mass is 16.3. The summed E-state index contributed by atoms with van der Waals surface area (Å²) in [6.07, 6.45) is 0. The fraction of sp³-hybridized carbons (Fsp3) is 0.421. The van der Waals surface area contributed by atoms with Crippen molar-refractivity contribution >= 4 is 22.6 Å². The molecule has 25 heavy (non-hydrogen) atoms. The average molecular weight is 344 g/mol. The molecule has 0 aliphatic rings. The Morgan fingerprint density at radius 1 is 0.880 bits per heavy atom. The highest BCUT2D eigenvalue weighted by Gasteiger charge is 2.33. The van der Waals surface area contributed by atoms with Gasteiger partial charge in [-0.2, -0.15) is 0 Å². The molecule has 1 aromatic heterocycles. The van der Waals surface area contributed by atoms with E-state index in [0.29, 0.717) is 22.3 Å². The smallest absolute Gasteiger partial charge is 0.315 e. The van der Waals surface area contributed by atoms with Crippen molar-refractivity contribution in [3.8, 4) is 0 Å². The molecule has 2 aromatic rings. The van der Waals surface area contributed by atoms with Gasteiger partial charge in [0.2, 0.25) is 11.2 Å². The monoisotopic (exact) mass is 344 g/mol. The highest BCUT2D eigenvalue weighted by Crippen LogP contribution is 2.18. The Labute approximate surface area is 148 Å². The van der Waals surface area contributed by atoms with Crippen LogP contribution in [0.5, 0.6) is 0 Å². The molecule has 1 aromatic carbocycles. The molecule has 2 rings (SSSR count). The van der Waals surface area contributed by atoms with Crippen LogP contribution < -0.4 is 5.43 Å². The Hall–Kier alpha value is -2.63. The van der Waals surface area contributed by atoms with Crippen LogP contribution in [0, 0.1) is 0 Å². The van der Waals surface area contributed by atoms with Crippen LogP contribution in [0.25, 0.3) is 11.0 Å². The second-order valence-corrected chi connectivity index (χ2v) is 6.86. The number of fused-ring (bicyclic) bond motifs is 1. The first-order valence-corrected chi connectivity index (χ1v) is 8.16. The van der Waals surface area contributed by atoms with Crippen molar-refractivity contribution in [3.63, 3.8) is 0 Å². The maximum atomic E-state index is 13.4. The summed E-state index contributed by atoms with van der Waals surface area (Å²) in [6, 6.07) is 7.37. The van der Waals surface area contributed by atoms with Gasteiger partial charge in [0.25, 0.3) is 5.84 Å². The summed E-state index contributed by atoms with van der Waals surface area (Å²) in [4.78, 5) is 17.3. The molecule has 0 saturated carbocycles. The van der Waals surface area contributed by atoms with Crippen LogP contribution in [-0.4, -0.2) is 87.0 Å². The Bertz CT molecular complexity index is 913. The molecular formula is C19H28N4O2+2. The normalized spacial score (nSPS) is 10.6. The zero-order chi connectivity index (χ0) is 18.9. The lowest BCUT2D eigenvalue weighted by molar-refractivity contribution is -0.470. The quantitative estimate of drug-likeness (QED) is 0.462. The van der Waals surface area contributed by atoms with Crippen molar-refractivity contribution in [2.24, 2.45) is 0 Å². The molecular weight excluding hydrogens is 316 g/mol. The molecule has 6 heteroatoms. The number of amidine groups is 2. The van der Waals surface area contributed by atoms with Gasteiger partial charge in [-0.25, -0.2) is 0 Å². The standard InChI is InChI=1S/C19H28N4O2/c1-20(2)18(21(3)4)15-16(24)13-11-9-10-12-14(13)25-17(15)19(22(5)6)23(7)8/h9-12H,1-8H3/q+2. The third kappa shape index (κ3) is 3.43. The zero-order valence-electron chi connectivity index (χ0n) is 16.4. The molecule has 1 heterocycles. The van der Waals surface area contributed by atoms with E-state index in [1.165, 1.54) is 0 Å². The Morgan fingerprint density at radius 3 is 1.88 bits per heavy atom. The van der Waals surface area contributed by atoms with E-state index in [2.05, 4.69) is 0 Å². The Morgan fingerprint density at radius 2 is 1.40 bits per heavy atom. The van der Waals surface area contributed by atoms with E-state index in [0.717, 1.165) is 11.7 Å². The molecule has 0 radical (unpaired) electrons. The van der Waals surface area contributed by atoms with Gasteiger partial charge in [0.15, 0.2) is 5.56 Å². The number of benzene rings is 1. The van der Waals surface area contributed by atoms with E-state index in [4.69, 9.17) is 4.42 Å². The third-order valence-corrected chi connectivity index (χ3v) is 3.92. The van der Waals surface area contributed by atoms with E-state index in [9.17, 15) is 4.79 Å². The van der Waals surface area contributed by atoms with Crippen molar-refractivity contribution in [1.82, 2.24) is 9.80 Å². The van der Waals surface area contributed by atoms with E-state index in [-0.39, 0.29) is 5.43 Å². The van der Waals surface area contributed by atoms with Crippen LogP contribution in [0.15, 0.2) is 33.5 Å². The summed E-state index contributed by atoms with van der Waals surface area (Å²) in [7, 11) is 15.5. The summed E-state index contributed by atoms with van der Waals surface area (Å²) in [5.74, 6) is 2.20. The Balaban J connectivity index is 3.08. The van der Waals surface area contributed by atoms with Crippen molar-refractivity contribution in [3.05, 3.63) is 45.8 Å². The number of hydrogen-bond donors (Lipinski definition) is 0. The molecule has 0 atom stereocenters. The van der Waals surface area contributed by atoms with Gasteiger partial charge in [0.1, 0.15) is 5.58 Å². The number of para-hydroxylation sites is 1. The summed E-state index contributed by atoms with van der Waals surface area (Å²) in [5.41, 5.74) is 1.12. The summed E-state index contributed by atoms with van der Waals surface area (Å²) >= 11 is 0. The molecule has 0 spiro atoms. The number of hydrogen-bond acceptors (Lipinski definition) is 2. The van der Waals surface area contributed by atoms with Gasteiger partial charge in [-0.1, -0.05) is 12.1 Å². The van der Waals surface area contributed by atoms with Crippen molar-refractivity contribution in [2.45, 2.75) is 0 Å². The maximum Gasteiger partial charge on any atom is 0.315 e. The van der Waals surface area contributed by atoms with E-state index >= 15 is 0 Å². The van der Waals surface area contributed by atoms with E-state index in [1.807, 2.05) is 99.6 Å². The molecule has 0 fully saturated rings. The Kier molecular flexibility index (Phi) is 5.30. The number of rotatable bonds is 2. The van der Waals surface area contributed by atoms with Gasteiger partial charge >= 0.3 is 5.84 Å². The van der Waals surface area contributed by atoms with E-state index in [1.54, 1.807) is 0 Å². The van der Waals surface area contributed by atoms with Gasteiger partial charge in [-0.3, -0.25) is 23.7 Å². The molecule has 0 saturated heterocycles. The second kappa shape index (κ2) is 7.09. The van der Waals surface area contributed by atoms with Crippen LogP contribution >= 0.6 is 0 Å². The molecule has 0 bridgehead atoms. The van der Waals surface area contributed by atoms with Gasteiger partial charge < -0.3 is 4.42 Å². The van der Waals surface area contributed by atoms with Crippen LogP contribution in [0.1, 0.15) is 11.3 Å². The summed E-state index contributed by atoms with van der Waals surface area (Å²) in [6.45, 7) is 0. The van der Waals surface area contributed by atoms with Crippen LogP contribution in [-0.2, 0) is 0 Å². The van der Waals surface area contributed by atoms with Gasteiger partial charge in [0, 0.05) is 0 Å². The predicted molar refractivity (Wildman–Crippen MR) is 102 cm³/mol. The van der Waals surface area contributed by atoms with Crippen molar-refractivity contribution < 1.29 is 13.6 Å². The zero-order valence-corrected chi connectivity index (χ0v) is 16.4. The van der Waals surface area contributed by atoms with Gasteiger partial charge in [0.05, 0.1) is 61.8 Å². The van der Waals surface area contributed by atoms with E-state index < -0.39 is 0 Å². The SMILES string of the molecule is CN(C)C(c1oc2ccccc2c(=O)c1C(N(C)C)=[N+](C)C)=[N+](C)C. The van der Waals surface area contributed by atoms with Crippen LogP contribution in [0.2, 0.25) is 0 Å². The molecule has 6 nitrogen and oxygen atoms in total. The molecule has 0 amide bonds. The van der Waals surface area contributed by atoms with Crippen molar-refractivity contribution in [2.75, 3.05) is 56.4 Å². The summed E-state index contributed by atoms with van der Waals surface area (Å²) in [5, 5.41) is 0.583. The first-order valence-electron chi connectivity index (χ1n) is 8.16. The molecule has 0 aliphatic heterocycles. The first kappa shape index (κ1) is 18.7. The highest BCUT2D eigenvalue weighted by molar-refractivity contribution is 6.07. The van der Waals surface area contributed by atoms with Crippen LogP contribution in [0.4, 0.5) is 0 Å². The lowest BCUT2D eigenvalue weighted by Crippen LogP contribution is -2.40. The largest absolute Gasteiger partial charge is 0.447 e. The lowest BCUT2D eigenvalue weighted by atomic mass is 10.1. The molecule has 0 aliphatic carbocycles. The predicted octanol–water partition coefficient (Wildman–Crippen LogP) is 0.954. The topological polar surface area (TPSA) is 42.7 Å². The van der Waals surface area contributed by atoms with Gasteiger partial charge in [-0.15, -0.1) is 0 Å². The molecule has 134 valence electrons. The maximum absolute atomic E-state index is 13.4. The van der Waals surface area contributed by atoms with Crippen LogP contribution in [0.3, 0.4) is 0 Å². The first-order chi connectivity index (χ1) is 11.7. The fourth-order valence-electron chi connectivity index (χ4n) is 3.16. The second-order valence-electron chi connectivity index (χ2n) is 6.86. The minimum Gasteiger partial charge on any atom is -0.447 e. The summed E-state index contributed by atoms with van der Waals surface area (Å²) < 4.78 is 10.1. The molecule has 0 unspecified atom stereocenters. The minimum atomic E-state index is -0.0320.